The maximum Gasteiger partial charge on any atom is 0.134 e. The van der Waals surface area contributed by atoms with Crippen LogP contribution in [0.2, 0.25) is 0 Å². The molecule has 0 saturated heterocycles. The third-order valence-electron chi connectivity index (χ3n) is 5.47. The number of hydrogen-bond donors (Lipinski definition) is 2. The summed E-state index contributed by atoms with van der Waals surface area (Å²) in [6.45, 7) is 9.50. The van der Waals surface area contributed by atoms with Crippen LogP contribution >= 0.6 is 45.2 Å². The van der Waals surface area contributed by atoms with Gasteiger partial charge >= 0.3 is 0 Å². The molecule has 2 N–H and O–H groups in total. The maximum atomic E-state index is 5.91. The van der Waals surface area contributed by atoms with Gasteiger partial charge in [0.2, 0.25) is 0 Å². The van der Waals surface area contributed by atoms with Gasteiger partial charge in [-0.2, -0.15) is 0 Å². The Bertz CT molecular complexity index is 865. The van der Waals surface area contributed by atoms with Gasteiger partial charge < -0.3 is 48.5 Å². The number of hydrogen-bond acceptors (Lipinski definition) is 10. The normalized spacial score (nSPS) is 18.9. The van der Waals surface area contributed by atoms with E-state index in [2.05, 4.69) is 55.8 Å². The highest BCUT2D eigenvalue weighted by Crippen LogP contribution is 2.31. The van der Waals surface area contributed by atoms with Crippen LogP contribution < -0.4 is 29.6 Å². The van der Waals surface area contributed by atoms with Crippen molar-refractivity contribution < 1.29 is 37.9 Å². The van der Waals surface area contributed by atoms with Gasteiger partial charge in [-0.3, -0.25) is 0 Å². The summed E-state index contributed by atoms with van der Waals surface area (Å²) in [6.07, 6.45) is 0. The molecule has 0 atom stereocenters. The summed E-state index contributed by atoms with van der Waals surface area (Å²) in [5, 5.41) is 6.61. The Morgan fingerprint density at radius 2 is 0.750 bits per heavy atom. The van der Waals surface area contributed by atoms with Crippen molar-refractivity contribution in [2.75, 3.05) is 105 Å². The van der Waals surface area contributed by atoms with Gasteiger partial charge in [0.15, 0.2) is 0 Å². The zero-order chi connectivity index (χ0) is 28.1. The SMILES string of the molecule is Ic1cc2c(I)cc1OCCOCCNCCOCCOc1ccc(cc1)OCCOCCNCCOCCO2. The number of nitrogens with one attached hydrogen (secondary N) is 2. The topological polar surface area (TPSA) is 97.9 Å². The van der Waals surface area contributed by atoms with E-state index >= 15 is 0 Å². The lowest BCUT2D eigenvalue weighted by molar-refractivity contribution is 0.0893. The molecule has 224 valence electrons. The molecule has 6 rings (SSSR count). The standard InChI is InChI=1S/C28H40I2N2O8/c29-25-22-28-26(30)21-27(25)39-19-15-35-11-7-31-5-9-33-13-17-37-23-1-2-24(4-3-23)38-18-14-34-10-6-32-8-12-36-16-20-40-28/h1-4,21-22,31-32H,5-20H2. The van der Waals surface area contributed by atoms with E-state index in [0.717, 1.165) is 56.3 Å². The van der Waals surface area contributed by atoms with Crippen molar-refractivity contribution in [2.24, 2.45) is 0 Å². The Hall–Kier alpha value is -1.14. The summed E-state index contributed by atoms with van der Waals surface area (Å²) in [6, 6.07) is 11.6. The first kappa shape index (κ1) is 33.4. The van der Waals surface area contributed by atoms with Crippen LogP contribution in [0.15, 0.2) is 36.4 Å². The molecule has 2 aromatic carbocycles. The van der Waals surface area contributed by atoms with Crippen molar-refractivity contribution in [1.29, 1.82) is 0 Å². The summed E-state index contributed by atoms with van der Waals surface area (Å²) < 4.78 is 47.8. The molecule has 40 heavy (non-hydrogen) atoms. The minimum atomic E-state index is 0.485. The van der Waals surface area contributed by atoms with Crippen LogP contribution in [0.3, 0.4) is 0 Å². The lowest BCUT2D eigenvalue weighted by Crippen LogP contribution is -2.25. The molecule has 0 radical (unpaired) electrons. The fourth-order valence-corrected chi connectivity index (χ4v) is 4.65. The number of rotatable bonds is 0. The fourth-order valence-electron chi connectivity index (χ4n) is 3.46. The summed E-state index contributed by atoms with van der Waals surface area (Å²) in [4.78, 5) is 0. The van der Waals surface area contributed by atoms with Crippen molar-refractivity contribution in [3.05, 3.63) is 43.5 Å². The maximum absolute atomic E-state index is 5.91. The average Bonchev–Trinajstić information content (AvgIpc) is 2.96. The first-order valence-electron chi connectivity index (χ1n) is 13.5. The zero-order valence-electron chi connectivity index (χ0n) is 22.8. The Kier molecular flexibility index (Phi) is 18.0. The van der Waals surface area contributed by atoms with Crippen LogP contribution in [0.25, 0.3) is 0 Å². The van der Waals surface area contributed by atoms with Gasteiger partial charge in [-0.1, -0.05) is 0 Å². The van der Waals surface area contributed by atoms with Crippen molar-refractivity contribution in [2.45, 2.75) is 0 Å². The molecule has 0 aromatic heterocycles. The summed E-state index contributed by atoms with van der Waals surface area (Å²) in [7, 11) is 0. The molecule has 4 heterocycles. The summed E-state index contributed by atoms with van der Waals surface area (Å²) in [5.74, 6) is 3.22. The number of benzene rings is 2. The highest BCUT2D eigenvalue weighted by Gasteiger charge is 2.09. The van der Waals surface area contributed by atoms with Gasteiger partial charge in [-0.25, -0.2) is 0 Å². The minimum absolute atomic E-state index is 0.485. The van der Waals surface area contributed by atoms with Crippen molar-refractivity contribution >= 4 is 45.2 Å². The van der Waals surface area contributed by atoms with Crippen LogP contribution in [0.1, 0.15) is 0 Å². The number of ether oxygens (including phenoxy) is 8. The largest absolute Gasteiger partial charge is 0.491 e. The molecule has 2 aromatic rings. The molecule has 4 bridgehead atoms. The van der Waals surface area contributed by atoms with Gasteiger partial charge in [0.25, 0.3) is 0 Å². The lowest BCUT2D eigenvalue weighted by Gasteiger charge is -2.13. The molecule has 10 nitrogen and oxygen atoms in total. The van der Waals surface area contributed by atoms with Gasteiger partial charge in [0.05, 0.1) is 60.0 Å². The summed E-state index contributed by atoms with van der Waals surface area (Å²) in [5.41, 5.74) is 0. The molecular formula is C28H40I2N2O8. The van der Waals surface area contributed by atoms with E-state index in [-0.39, 0.29) is 0 Å². The molecule has 0 saturated carbocycles. The van der Waals surface area contributed by atoms with E-state index in [0.29, 0.717) is 79.3 Å². The zero-order valence-corrected chi connectivity index (χ0v) is 27.1. The highest BCUT2D eigenvalue weighted by atomic mass is 127. The quantitative estimate of drug-likeness (QED) is 0.388. The average molecular weight is 786 g/mol. The molecular weight excluding hydrogens is 746 g/mol. The van der Waals surface area contributed by atoms with Gasteiger partial charge in [0, 0.05) is 26.2 Å². The molecule has 0 unspecified atom stereocenters. The number of halogens is 2. The lowest BCUT2D eigenvalue weighted by atomic mass is 10.3. The Labute approximate surface area is 264 Å². The van der Waals surface area contributed by atoms with Crippen LogP contribution in [0, 0.1) is 7.14 Å². The van der Waals surface area contributed by atoms with E-state index in [1.54, 1.807) is 0 Å². The Morgan fingerprint density at radius 3 is 1.10 bits per heavy atom. The van der Waals surface area contributed by atoms with Crippen molar-refractivity contribution in [1.82, 2.24) is 10.6 Å². The smallest absolute Gasteiger partial charge is 0.134 e. The van der Waals surface area contributed by atoms with E-state index < -0.39 is 0 Å². The first-order valence-corrected chi connectivity index (χ1v) is 15.7. The van der Waals surface area contributed by atoms with E-state index in [4.69, 9.17) is 37.9 Å². The van der Waals surface area contributed by atoms with Gasteiger partial charge in [-0.05, 0) is 81.6 Å². The highest BCUT2D eigenvalue weighted by molar-refractivity contribution is 14.1. The molecule has 4 aliphatic rings. The van der Waals surface area contributed by atoms with Crippen molar-refractivity contribution in [3.8, 4) is 23.0 Å². The van der Waals surface area contributed by atoms with E-state index in [1.807, 2.05) is 36.4 Å². The van der Waals surface area contributed by atoms with E-state index in [1.165, 1.54) is 0 Å². The van der Waals surface area contributed by atoms with Gasteiger partial charge in [-0.15, -0.1) is 0 Å². The summed E-state index contributed by atoms with van der Waals surface area (Å²) >= 11 is 4.53. The molecule has 0 fully saturated rings. The Morgan fingerprint density at radius 1 is 0.425 bits per heavy atom. The fraction of sp³-hybridized carbons (Fsp3) is 0.571. The first-order chi connectivity index (χ1) is 19.7. The third-order valence-corrected chi connectivity index (χ3v) is 7.15. The molecule has 12 heteroatoms. The molecule has 0 spiro atoms. The van der Waals surface area contributed by atoms with Crippen molar-refractivity contribution in [3.63, 3.8) is 0 Å². The predicted molar refractivity (Wildman–Crippen MR) is 169 cm³/mol. The van der Waals surface area contributed by atoms with Crippen LogP contribution in [-0.2, 0) is 18.9 Å². The van der Waals surface area contributed by atoms with Gasteiger partial charge in [0.1, 0.15) is 49.4 Å². The second-order valence-electron chi connectivity index (χ2n) is 8.53. The third kappa shape index (κ3) is 14.7. The van der Waals surface area contributed by atoms with Crippen LogP contribution in [-0.4, -0.2) is 105 Å². The van der Waals surface area contributed by atoms with Crippen LogP contribution in [0.5, 0.6) is 23.0 Å². The second-order valence-corrected chi connectivity index (χ2v) is 10.9. The minimum Gasteiger partial charge on any atom is -0.491 e. The monoisotopic (exact) mass is 786 g/mol. The van der Waals surface area contributed by atoms with E-state index in [9.17, 15) is 0 Å². The second kappa shape index (κ2) is 21.5. The van der Waals surface area contributed by atoms with Crippen LogP contribution in [0.4, 0.5) is 0 Å². The Balaban J connectivity index is 1.37. The molecule has 0 amide bonds. The molecule has 4 aliphatic heterocycles. The predicted octanol–water partition coefficient (Wildman–Crippen LogP) is 3.37. The molecule has 0 aliphatic carbocycles.